The second-order valence-electron chi connectivity index (χ2n) is 6.42. The van der Waals surface area contributed by atoms with Crippen LogP contribution in [0.2, 0.25) is 10.0 Å². The standard InChI is InChI=1S/C23H16Cl2N2O2S/c24-17-9-10-19(25)20(13-17)26-23-27-22(28)21(30-23)12-16-7-4-8-18(11-16)29-14-15-5-2-1-3-6-15/h1-13H,14H2,(H,26,27,28)/b21-12+. The lowest BCUT2D eigenvalue weighted by molar-refractivity contribution is -0.115. The van der Waals surface area contributed by atoms with Gasteiger partial charge in [-0.25, -0.2) is 4.99 Å². The zero-order valence-electron chi connectivity index (χ0n) is 15.6. The van der Waals surface area contributed by atoms with Gasteiger partial charge in [0.05, 0.1) is 15.6 Å². The Hall–Kier alpha value is -2.73. The third-order valence-corrected chi connectivity index (χ3v) is 5.65. The number of halogens is 2. The van der Waals surface area contributed by atoms with E-state index in [1.807, 2.05) is 54.6 Å². The van der Waals surface area contributed by atoms with E-state index in [0.29, 0.717) is 32.4 Å². The molecule has 1 saturated heterocycles. The lowest BCUT2D eigenvalue weighted by Crippen LogP contribution is -2.19. The molecule has 1 heterocycles. The Kier molecular flexibility index (Phi) is 6.43. The summed E-state index contributed by atoms with van der Waals surface area (Å²) < 4.78 is 5.86. The lowest BCUT2D eigenvalue weighted by Gasteiger charge is -2.07. The van der Waals surface area contributed by atoms with E-state index in [9.17, 15) is 4.79 Å². The number of carbonyl (C=O) groups is 1. The molecule has 3 aromatic rings. The topological polar surface area (TPSA) is 50.7 Å². The van der Waals surface area contributed by atoms with Crippen molar-refractivity contribution < 1.29 is 9.53 Å². The minimum Gasteiger partial charge on any atom is -0.489 e. The van der Waals surface area contributed by atoms with Crippen LogP contribution in [0, 0.1) is 0 Å². The number of aliphatic imine (C=N–C) groups is 1. The largest absolute Gasteiger partial charge is 0.489 e. The van der Waals surface area contributed by atoms with Crippen molar-refractivity contribution in [3.8, 4) is 5.75 Å². The first kappa shape index (κ1) is 20.5. The van der Waals surface area contributed by atoms with Gasteiger partial charge in [0.2, 0.25) is 0 Å². The third-order valence-electron chi connectivity index (χ3n) is 4.19. The van der Waals surface area contributed by atoms with Crippen LogP contribution < -0.4 is 10.1 Å². The number of nitrogens with zero attached hydrogens (tertiary/aromatic N) is 1. The van der Waals surface area contributed by atoms with Crippen LogP contribution in [0.4, 0.5) is 5.69 Å². The van der Waals surface area contributed by atoms with E-state index in [0.717, 1.165) is 16.9 Å². The van der Waals surface area contributed by atoms with Gasteiger partial charge in [0, 0.05) is 5.02 Å². The molecule has 0 aliphatic carbocycles. The van der Waals surface area contributed by atoms with Crippen LogP contribution >= 0.6 is 35.0 Å². The van der Waals surface area contributed by atoms with Gasteiger partial charge in [0.1, 0.15) is 12.4 Å². The summed E-state index contributed by atoms with van der Waals surface area (Å²) in [5.74, 6) is 0.517. The quantitative estimate of drug-likeness (QED) is 0.449. The van der Waals surface area contributed by atoms with Crippen molar-refractivity contribution in [1.29, 1.82) is 0 Å². The molecular formula is C23H16Cl2N2O2S. The highest BCUT2D eigenvalue weighted by atomic mass is 35.5. The highest BCUT2D eigenvalue weighted by molar-refractivity contribution is 8.18. The van der Waals surface area contributed by atoms with Gasteiger partial charge in [-0.05, 0) is 59.3 Å². The van der Waals surface area contributed by atoms with Crippen LogP contribution in [0.5, 0.6) is 5.75 Å². The Morgan fingerprint density at radius 3 is 2.67 bits per heavy atom. The predicted molar refractivity (Wildman–Crippen MR) is 124 cm³/mol. The Balaban J connectivity index is 1.49. The van der Waals surface area contributed by atoms with Gasteiger partial charge in [-0.1, -0.05) is 65.7 Å². The SMILES string of the molecule is O=C1NC(=Nc2cc(Cl)ccc2Cl)S/C1=C/c1cccc(OCc2ccccc2)c1. The first-order valence-electron chi connectivity index (χ1n) is 9.08. The second kappa shape index (κ2) is 9.39. The molecule has 0 saturated carbocycles. The summed E-state index contributed by atoms with van der Waals surface area (Å²) in [6, 6.07) is 22.6. The molecule has 150 valence electrons. The van der Waals surface area contributed by atoms with Crippen LogP contribution in [0.15, 0.2) is 82.7 Å². The summed E-state index contributed by atoms with van der Waals surface area (Å²) in [4.78, 5) is 17.3. The number of hydrogen-bond donors (Lipinski definition) is 1. The van der Waals surface area contributed by atoms with Gasteiger partial charge in [-0.3, -0.25) is 4.79 Å². The minimum atomic E-state index is -0.215. The molecular weight excluding hydrogens is 439 g/mol. The van der Waals surface area contributed by atoms with Crippen LogP contribution in [0.3, 0.4) is 0 Å². The molecule has 1 fully saturated rings. The number of carbonyl (C=O) groups excluding carboxylic acids is 1. The van der Waals surface area contributed by atoms with E-state index in [4.69, 9.17) is 27.9 Å². The fourth-order valence-electron chi connectivity index (χ4n) is 2.75. The summed E-state index contributed by atoms with van der Waals surface area (Å²) in [6.45, 7) is 0.479. The van der Waals surface area contributed by atoms with Crippen molar-refractivity contribution in [2.24, 2.45) is 4.99 Å². The fourth-order valence-corrected chi connectivity index (χ4v) is 3.91. The second-order valence-corrected chi connectivity index (χ2v) is 8.30. The highest BCUT2D eigenvalue weighted by Gasteiger charge is 2.24. The van der Waals surface area contributed by atoms with Gasteiger partial charge >= 0.3 is 0 Å². The van der Waals surface area contributed by atoms with E-state index >= 15 is 0 Å². The molecule has 0 atom stereocenters. The maximum atomic E-state index is 12.4. The van der Waals surface area contributed by atoms with Crippen molar-refractivity contribution in [2.45, 2.75) is 6.61 Å². The average Bonchev–Trinajstić information content (AvgIpc) is 3.09. The number of benzene rings is 3. The van der Waals surface area contributed by atoms with Crippen molar-refractivity contribution in [1.82, 2.24) is 5.32 Å². The van der Waals surface area contributed by atoms with E-state index < -0.39 is 0 Å². The molecule has 30 heavy (non-hydrogen) atoms. The average molecular weight is 455 g/mol. The minimum absolute atomic E-state index is 0.215. The molecule has 4 rings (SSSR count). The Morgan fingerprint density at radius 1 is 1.00 bits per heavy atom. The maximum Gasteiger partial charge on any atom is 0.264 e. The summed E-state index contributed by atoms with van der Waals surface area (Å²) in [5, 5.41) is 4.19. The molecule has 0 bridgehead atoms. The smallest absolute Gasteiger partial charge is 0.264 e. The van der Waals surface area contributed by atoms with Crippen LogP contribution in [-0.4, -0.2) is 11.1 Å². The van der Waals surface area contributed by atoms with E-state index in [1.54, 1.807) is 24.3 Å². The number of hydrogen-bond acceptors (Lipinski definition) is 4. The van der Waals surface area contributed by atoms with Crippen molar-refractivity contribution >= 4 is 57.8 Å². The third kappa shape index (κ3) is 5.25. The molecule has 4 nitrogen and oxygen atoms in total. The van der Waals surface area contributed by atoms with Crippen LogP contribution in [0.25, 0.3) is 6.08 Å². The fraction of sp³-hybridized carbons (Fsp3) is 0.0435. The van der Waals surface area contributed by atoms with E-state index in [1.165, 1.54) is 11.8 Å². The van der Waals surface area contributed by atoms with Gasteiger partial charge in [-0.15, -0.1) is 0 Å². The van der Waals surface area contributed by atoms with Crippen LogP contribution in [0.1, 0.15) is 11.1 Å². The molecule has 3 aromatic carbocycles. The Morgan fingerprint density at radius 2 is 1.83 bits per heavy atom. The zero-order chi connectivity index (χ0) is 20.9. The number of nitrogens with one attached hydrogen (secondary N) is 1. The molecule has 0 radical (unpaired) electrons. The molecule has 0 aromatic heterocycles. The number of amidine groups is 1. The predicted octanol–water partition coefficient (Wildman–Crippen LogP) is 6.46. The monoisotopic (exact) mass is 454 g/mol. The number of thioether (sulfide) groups is 1. The van der Waals surface area contributed by atoms with Crippen molar-refractivity contribution in [3.63, 3.8) is 0 Å². The first-order valence-corrected chi connectivity index (χ1v) is 10.7. The zero-order valence-corrected chi connectivity index (χ0v) is 18.0. The Labute approximate surface area is 188 Å². The molecule has 1 amide bonds. The van der Waals surface area contributed by atoms with Gasteiger partial charge < -0.3 is 10.1 Å². The maximum absolute atomic E-state index is 12.4. The Bertz CT molecular complexity index is 1150. The number of amides is 1. The molecule has 0 unspecified atom stereocenters. The van der Waals surface area contributed by atoms with E-state index in [2.05, 4.69) is 10.3 Å². The lowest BCUT2D eigenvalue weighted by atomic mass is 10.2. The molecule has 1 aliphatic rings. The molecule has 7 heteroatoms. The summed E-state index contributed by atoms with van der Waals surface area (Å²) in [6.07, 6.45) is 1.80. The van der Waals surface area contributed by atoms with Gasteiger partial charge in [0.15, 0.2) is 5.17 Å². The summed E-state index contributed by atoms with van der Waals surface area (Å²) >= 11 is 13.4. The van der Waals surface area contributed by atoms with Gasteiger partial charge in [-0.2, -0.15) is 0 Å². The molecule has 1 aliphatic heterocycles. The number of rotatable bonds is 5. The van der Waals surface area contributed by atoms with Crippen molar-refractivity contribution in [3.05, 3.63) is 98.9 Å². The molecule has 0 spiro atoms. The number of ether oxygens (including phenoxy) is 1. The summed E-state index contributed by atoms with van der Waals surface area (Å²) in [5.41, 5.74) is 2.46. The van der Waals surface area contributed by atoms with Crippen LogP contribution in [-0.2, 0) is 11.4 Å². The first-order chi connectivity index (χ1) is 14.6. The van der Waals surface area contributed by atoms with Crippen molar-refractivity contribution in [2.75, 3.05) is 0 Å². The normalized spacial score (nSPS) is 16.1. The van der Waals surface area contributed by atoms with E-state index in [-0.39, 0.29) is 5.91 Å². The molecule has 1 N–H and O–H groups in total. The summed E-state index contributed by atoms with van der Waals surface area (Å²) in [7, 11) is 0. The van der Waals surface area contributed by atoms with Gasteiger partial charge in [0.25, 0.3) is 5.91 Å². The highest BCUT2D eigenvalue weighted by Crippen LogP contribution is 2.32.